The maximum Gasteiger partial charge on any atom is 0.317 e. The molecule has 76 valence electrons. The van der Waals surface area contributed by atoms with Crippen LogP contribution in [0.2, 0.25) is 0 Å². The SMILES string of the molecule is C[C@H](NC(=O)N(C)C)c1ccccc1. The van der Waals surface area contributed by atoms with Gasteiger partial charge >= 0.3 is 6.03 Å². The van der Waals surface area contributed by atoms with Gasteiger partial charge in [-0.3, -0.25) is 0 Å². The number of urea groups is 1. The maximum absolute atomic E-state index is 11.3. The summed E-state index contributed by atoms with van der Waals surface area (Å²) in [4.78, 5) is 12.9. The molecule has 0 spiro atoms. The first-order valence-electron chi connectivity index (χ1n) is 4.64. The Labute approximate surface area is 84.7 Å². The van der Waals surface area contributed by atoms with Crippen molar-refractivity contribution >= 4 is 6.03 Å². The van der Waals surface area contributed by atoms with E-state index in [0.717, 1.165) is 5.56 Å². The van der Waals surface area contributed by atoms with Crippen LogP contribution >= 0.6 is 0 Å². The van der Waals surface area contributed by atoms with Crippen molar-refractivity contribution in [3.05, 3.63) is 35.9 Å². The molecule has 2 amide bonds. The quantitative estimate of drug-likeness (QED) is 0.764. The summed E-state index contributed by atoms with van der Waals surface area (Å²) >= 11 is 0. The predicted molar refractivity (Wildman–Crippen MR) is 57.1 cm³/mol. The highest BCUT2D eigenvalue weighted by Crippen LogP contribution is 2.10. The monoisotopic (exact) mass is 192 g/mol. The summed E-state index contributed by atoms with van der Waals surface area (Å²) in [6, 6.07) is 9.87. The van der Waals surface area contributed by atoms with Gasteiger partial charge in [0.15, 0.2) is 0 Å². The van der Waals surface area contributed by atoms with Gasteiger partial charge in [0, 0.05) is 14.1 Å². The van der Waals surface area contributed by atoms with E-state index in [-0.39, 0.29) is 12.1 Å². The molecule has 0 bridgehead atoms. The Hall–Kier alpha value is -1.51. The molecule has 1 rings (SSSR count). The van der Waals surface area contributed by atoms with Crippen molar-refractivity contribution < 1.29 is 4.79 Å². The zero-order valence-corrected chi connectivity index (χ0v) is 8.82. The van der Waals surface area contributed by atoms with Gasteiger partial charge in [-0.25, -0.2) is 4.79 Å². The third kappa shape index (κ3) is 2.76. The zero-order chi connectivity index (χ0) is 10.6. The smallest absolute Gasteiger partial charge is 0.317 e. The van der Waals surface area contributed by atoms with Crippen LogP contribution in [0.1, 0.15) is 18.5 Å². The van der Waals surface area contributed by atoms with E-state index in [9.17, 15) is 4.79 Å². The summed E-state index contributed by atoms with van der Waals surface area (Å²) in [5.41, 5.74) is 1.11. The van der Waals surface area contributed by atoms with E-state index in [2.05, 4.69) is 5.32 Å². The van der Waals surface area contributed by atoms with Crippen molar-refractivity contribution in [2.45, 2.75) is 13.0 Å². The fraction of sp³-hybridized carbons (Fsp3) is 0.364. The van der Waals surface area contributed by atoms with Crippen LogP contribution in [0, 0.1) is 0 Å². The van der Waals surface area contributed by atoms with E-state index in [0.29, 0.717) is 0 Å². The number of carbonyl (C=O) groups is 1. The van der Waals surface area contributed by atoms with Crippen LogP contribution in [0.5, 0.6) is 0 Å². The second-order valence-electron chi connectivity index (χ2n) is 3.48. The first kappa shape index (κ1) is 10.6. The number of rotatable bonds is 2. The summed E-state index contributed by atoms with van der Waals surface area (Å²) in [6.07, 6.45) is 0. The van der Waals surface area contributed by atoms with E-state index >= 15 is 0 Å². The Balaban J connectivity index is 2.59. The lowest BCUT2D eigenvalue weighted by Gasteiger charge is -2.17. The van der Waals surface area contributed by atoms with Gasteiger partial charge in [0.2, 0.25) is 0 Å². The lowest BCUT2D eigenvalue weighted by molar-refractivity contribution is 0.214. The standard InChI is InChI=1S/C11H16N2O/c1-9(12-11(14)13(2)3)10-7-5-4-6-8-10/h4-9H,1-3H3,(H,12,14)/t9-/m0/s1. The Kier molecular flexibility index (Phi) is 3.51. The summed E-state index contributed by atoms with van der Waals surface area (Å²) < 4.78 is 0. The lowest BCUT2D eigenvalue weighted by Crippen LogP contribution is -2.36. The topological polar surface area (TPSA) is 32.3 Å². The van der Waals surface area contributed by atoms with Crippen LogP contribution in [0.3, 0.4) is 0 Å². The molecule has 0 aliphatic heterocycles. The number of benzene rings is 1. The molecule has 0 aromatic heterocycles. The Morgan fingerprint density at radius 2 is 1.86 bits per heavy atom. The van der Waals surface area contributed by atoms with E-state index < -0.39 is 0 Å². The lowest BCUT2D eigenvalue weighted by atomic mass is 10.1. The van der Waals surface area contributed by atoms with Crippen molar-refractivity contribution in [3.8, 4) is 0 Å². The summed E-state index contributed by atoms with van der Waals surface area (Å²) in [6.45, 7) is 1.97. The minimum Gasteiger partial charge on any atom is -0.331 e. The molecule has 1 N–H and O–H groups in total. The van der Waals surface area contributed by atoms with Crippen LogP contribution in [0.4, 0.5) is 4.79 Å². The number of nitrogens with zero attached hydrogens (tertiary/aromatic N) is 1. The highest BCUT2D eigenvalue weighted by atomic mass is 16.2. The van der Waals surface area contributed by atoms with Gasteiger partial charge in [0.05, 0.1) is 6.04 Å². The average molecular weight is 192 g/mol. The molecule has 0 saturated carbocycles. The van der Waals surface area contributed by atoms with Crippen LogP contribution in [0.25, 0.3) is 0 Å². The first-order valence-corrected chi connectivity index (χ1v) is 4.64. The number of hydrogen-bond donors (Lipinski definition) is 1. The highest BCUT2D eigenvalue weighted by Gasteiger charge is 2.09. The molecule has 1 aromatic carbocycles. The van der Waals surface area contributed by atoms with Crippen molar-refractivity contribution in [2.75, 3.05) is 14.1 Å². The largest absolute Gasteiger partial charge is 0.331 e. The first-order chi connectivity index (χ1) is 6.61. The van der Waals surface area contributed by atoms with Crippen LogP contribution in [-0.4, -0.2) is 25.0 Å². The predicted octanol–water partition coefficient (Wildman–Crippen LogP) is 2.02. The van der Waals surface area contributed by atoms with Gasteiger partial charge in [0.1, 0.15) is 0 Å². The minimum atomic E-state index is -0.0682. The average Bonchev–Trinajstić information content (AvgIpc) is 2.19. The molecular weight excluding hydrogens is 176 g/mol. The zero-order valence-electron chi connectivity index (χ0n) is 8.82. The Morgan fingerprint density at radius 1 is 1.29 bits per heavy atom. The Bertz CT molecular complexity index is 295. The molecule has 0 unspecified atom stereocenters. The fourth-order valence-corrected chi connectivity index (χ4v) is 1.14. The number of carbonyl (C=O) groups excluding carboxylic acids is 1. The van der Waals surface area contributed by atoms with Crippen LogP contribution < -0.4 is 5.32 Å². The molecule has 3 heteroatoms. The van der Waals surface area contributed by atoms with E-state index in [1.54, 1.807) is 14.1 Å². The molecule has 0 aliphatic carbocycles. The summed E-state index contributed by atoms with van der Waals surface area (Å²) in [5.74, 6) is 0. The minimum absolute atomic E-state index is 0.0473. The van der Waals surface area contributed by atoms with Crippen molar-refractivity contribution in [2.24, 2.45) is 0 Å². The molecule has 1 atom stereocenters. The fourth-order valence-electron chi connectivity index (χ4n) is 1.14. The van der Waals surface area contributed by atoms with E-state index in [1.807, 2.05) is 37.3 Å². The summed E-state index contributed by atoms with van der Waals surface area (Å²) in [7, 11) is 3.46. The van der Waals surface area contributed by atoms with Gasteiger partial charge in [-0.1, -0.05) is 30.3 Å². The molecule has 0 aliphatic rings. The maximum atomic E-state index is 11.3. The number of amides is 2. The van der Waals surface area contributed by atoms with Gasteiger partial charge in [-0.15, -0.1) is 0 Å². The number of hydrogen-bond acceptors (Lipinski definition) is 1. The van der Waals surface area contributed by atoms with Crippen LogP contribution in [-0.2, 0) is 0 Å². The van der Waals surface area contributed by atoms with Gasteiger partial charge < -0.3 is 10.2 Å². The molecule has 0 fully saturated rings. The van der Waals surface area contributed by atoms with Crippen molar-refractivity contribution in [1.29, 1.82) is 0 Å². The van der Waals surface area contributed by atoms with Gasteiger partial charge in [-0.2, -0.15) is 0 Å². The molecule has 14 heavy (non-hydrogen) atoms. The second kappa shape index (κ2) is 4.65. The van der Waals surface area contributed by atoms with Crippen LogP contribution in [0.15, 0.2) is 30.3 Å². The van der Waals surface area contributed by atoms with E-state index in [4.69, 9.17) is 0 Å². The molecular formula is C11H16N2O. The third-order valence-electron chi connectivity index (χ3n) is 2.05. The third-order valence-corrected chi connectivity index (χ3v) is 2.05. The number of nitrogens with one attached hydrogen (secondary N) is 1. The molecule has 0 heterocycles. The molecule has 0 saturated heterocycles. The van der Waals surface area contributed by atoms with E-state index in [1.165, 1.54) is 4.90 Å². The molecule has 1 aromatic rings. The normalized spacial score (nSPS) is 11.9. The van der Waals surface area contributed by atoms with Gasteiger partial charge in [-0.05, 0) is 12.5 Å². The summed E-state index contributed by atoms with van der Waals surface area (Å²) in [5, 5.41) is 2.88. The van der Waals surface area contributed by atoms with Crippen molar-refractivity contribution in [3.63, 3.8) is 0 Å². The van der Waals surface area contributed by atoms with Gasteiger partial charge in [0.25, 0.3) is 0 Å². The Morgan fingerprint density at radius 3 is 2.36 bits per heavy atom. The molecule has 0 radical (unpaired) electrons. The van der Waals surface area contributed by atoms with Crippen molar-refractivity contribution in [1.82, 2.24) is 10.2 Å². The second-order valence-corrected chi connectivity index (χ2v) is 3.48. The molecule has 3 nitrogen and oxygen atoms in total. The highest BCUT2D eigenvalue weighted by molar-refractivity contribution is 5.73.